The number of halogens is 1. The maximum absolute atomic E-state index is 11.3. The fourth-order valence-corrected chi connectivity index (χ4v) is 2.83. The molecule has 0 bridgehead atoms. The molecular formula is C13H11BrN2O2. The number of benzene rings is 1. The van der Waals surface area contributed by atoms with Crippen LogP contribution in [0.5, 0.6) is 0 Å². The molecule has 0 unspecified atom stereocenters. The van der Waals surface area contributed by atoms with Gasteiger partial charge in [0.05, 0.1) is 0 Å². The van der Waals surface area contributed by atoms with Crippen LogP contribution in [0.4, 0.5) is 0 Å². The minimum atomic E-state index is -0.966. The second kappa shape index (κ2) is 4.24. The van der Waals surface area contributed by atoms with E-state index in [-0.39, 0.29) is 5.69 Å². The maximum Gasteiger partial charge on any atom is 0.357 e. The quantitative estimate of drug-likeness (QED) is 0.928. The Labute approximate surface area is 112 Å². The molecule has 0 aliphatic carbocycles. The van der Waals surface area contributed by atoms with Gasteiger partial charge in [0.15, 0.2) is 5.69 Å². The zero-order valence-corrected chi connectivity index (χ0v) is 11.1. The SMILES string of the molecule is O=C(O)c1nn2c(c1-c1cccc(Br)c1)CCC2. The predicted molar refractivity (Wildman–Crippen MR) is 70.6 cm³/mol. The van der Waals surface area contributed by atoms with E-state index in [9.17, 15) is 9.90 Å². The van der Waals surface area contributed by atoms with Crippen LogP contribution in [0.25, 0.3) is 11.1 Å². The van der Waals surface area contributed by atoms with Crippen molar-refractivity contribution in [3.63, 3.8) is 0 Å². The molecule has 1 aliphatic heterocycles. The summed E-state index contributed by atoms with van der Waals surface area (Å²) in [5.41, 5.74) is 2.86. The molecule has 3 rings (SSSR count). The topological polar surface area (TPSA) is 55.1 Å². The van der Waals surface area contributed by atoms with E-state index in [0.29, 0.717) is 0 Å². The van der Waals surface area contributed by atoms with E-state index in [0.717, 1.165) is 40.7 Å². The lowest BCUT2D eigenvalue weighted by molar-refractivity contribution is 0.0690. The number of hydrogen-bond donors (Lipinski definition) is 1. The highest BCUT2D eigenvalue weighted by atomic mass is 79.9. The third-order valence-corrected chi connectivity index (χ3v) is 3.65. The molecule has 1 N–H and O–H groups in total. The Morgan fingerprint density at radius 3 is 3.00 bits per heavy atom. The minimum Gasteiger partial charge on any atom is -0.476 e. The van der Waals surface area contributed by atoms with Crippen molar-refractivity contribution in [1.82, 2.24) is 9.78 Å². The number of carbonyl (C=O) groups is 1. The summed E-state index contributed by atoms with van der Waals surface area (Å²) in [6.07, 6.45) is 1.92. The molecule has 0 atom stereocenters. The molecule has 0 spiro atoms. The number of rotatable bonds is 2. The first-order valence-electron chi connectivity index (χ1n) is 5.76. The van der Waals surface area contributed by atoms with Crippen molar-refractivity contribution in [3.05, 3.63) is 40.1 Å². The summed E-state index contributed by atoms with van der Waals surface area (Å²) in [7, 11) is 0. The van der Waals surface area contributed by atoms with Gasteiger partial charge in [0, 0.05) is 22.3 Å². The Kier molecular flexibility index (Phi) is 2.70. The van der Waals surface area contributed by atoms with Crippen LogP contribution in [0.3, 0.4) is 0 Å². The fourth-order valence-electron chi connectivity index (χ4n) is 2.43. The zero-order chi connectivity index (χ0) is 12.7. The van der Waals surface area contributed by atoms with E-state index in [2.05, 4.69) is 21.0 Å². The molecule has 1 aromatic carbocycles. The average molecular weight is 307 g/mol. The average Bonchev–Trinajstić information content (AvgIpc) is 2.87. The molecule has 0 fully saturated rings. The van der Waals surface area contributed by atoms with Gasteiger partial charge in [0.25, 0.3) is 0 Å². The Morgan fingerprint density at radius 1 is 1.44 bits per heavy atom. The van der Waals surface area contributed by atoms with Gasteiger partial charge >= 0.3 is 5.97 Å². The van der Waals surface area contributed by atoms with E-state index < -0.39 is 5.97 Å². The number of carboxylic acids is 1. The first-order chi connectivity index (χ1) is 8.66. The van der Waals surface area contributed by atoms with Gasteiger partial charge in [-0.05, 0) is 30.5 Å². The van der Waals surface area contributed by atoms with Crippen LogP contribution >= 0.6 is 15.9 Å². The largest absolute Gasteiger partial charge is 0.476 e. The maximum atomic E-state index is 11.3. The molecule has 0 saturated carbocycles. The summed E-state index contributed by atoms with van der Waals surface area (Å²) < 4.78 is 2.76. The molecule has 2 heterocycles. The minimum absolute atomic E-state index is 0.155. The Bertz CT molecular complexity index is 634. The molecule has 4 nitrogen and oxygen atoms in total. The molecule has 5 heteroatoms. The van der Waals surface area contributed by atoms with Crippen molar-refractivity contribution in [2.24, 2.45) is 0 Å². The first-order valence-corrected chi connectivity index (χ1v) is 6.55. The lowest BCUT2D eigenvalue weighted by atomic mass is 10.0. The van der Waals surface area contributed by atoms with Gasteiger partial charge in [0.2, 0.25) is 0 Å². The fraction of sp³-hybridized carbons (Fsp3) is 0.231. The van der Waals surface area contributed by atoms with Crippen LogP contribution in [0.15, 0.2) is 28.7 Å². The molecule has 1 aliphatic rings. The number of carboxylic acid groups (broad SMARTS) is 1. The van der Waals surface area contributed by atoms with Crippen molar-refractivity contribution in [3.8, 4) is 11.1 Å². The summed E-state index contributed by atoms with van der Waals surface area (Å²) in [4.78, 5) is 11.3. The number of hydrogen-bond acceptors (Lipinski definition) is 2. The summed E-state index contributed by atoms with van der Waals surface area (Å²) in [6.45, 7) is 0.809. The van der Waals surface area contributed by atoms with Gasteiger partial charge in [-0.2, -0.15) is 5.10 Å². The van der Waals surface area contributed by atoms with Crippen LogP contribution in [-0.4, -0.2) is 20.9 Å². The van der Waals surface area contributed by atoms with Gasteiger partial charge in [-0.3, -0.25) is 4.68 Å². The number of aromatic nitrogens is 2. The Hall–Kier alpha value is -1.62. The van der Waals surface area contributed by atoms with Crippen LogP contribution < -0.4 is 0 Å². The van der Waals surface area contributed by atoms with Crippen LogP contribution in [0, 0.1) is 0 Å². The van der Waals surface area contributed by atoms with Crippen molar-refractivity contribution < 1.29 is 9.90 Å². The van der Waals surface area contributed by atoms with Gasteiger partial charge in [-0.25, -0.2) is 4.79 Å². The third-order valence-electron chi connectivity index (χ3n) is 3.16. The van der Waals surface area contributed by atoms with Gasteiger partial charge in [-0.15, -0.1) is 0 Å². The van der Waals surface area contributed by atoms with E-state index in [1.807, 2.05) is 28.9 Å². The van der Waals surface area contributed by atoms with Crippen LogP contribution in [0.2, 0.25) is 0 Å². The summed E-state index contributed by atoms with van der Waals surface area (Å²) >= 11 is 3.42. The lowest BCUT2D eigenvalue weighted by Crippen LogP contribution is -2.02. The van der Waals surface area contributed by atoms with E-state index >= 15 is 0 Å². The standard InChI is InChI=1S/C13H11BrN2O2/c14-9-4-1-3-8(7-9)11-10-5-2-6-16(10)15-12(11)13(17)18/h1,3-4,7H,2,5-6H2,(H,17,18). The zero-order valence-electron chi connectivity index (χ0n) is 9.56. The summed E-state index contributed by atoms with van der Waals surface area (Å²) in [6, 6.07) is 7.69. The Balaban J connectivity index is 2.24. The van der Waals surface area contributed by atoms with E-state index in [1.165, 1.54) is 0 Å². The number of aromatic carboxylic acids is 1. The van der Waals surface area contributed by atoms with Gasteiger partial charge in [0.1, 0.15) is 0 Å². The van der Waals surface area contributed by atoms with Crippen LogP contribution in [-0.2, 0) is 13.0 Å². The molecule has 0 saturated heterocycles. The summed E-state index contributed by atoms with van der Waals surface area (Å²) in [5.74, 6) is -0.966. The molecule has 18 heavy (non-hydrogen) atoms. The van der Waals surface area contributed by atoms with Crippen molar-refractivity contribution in [2.75, 3.05) is 0 Å². The number of fused-ring (bicyclic) bond motifs is 1. The normalized spacial score (nSPS) is 13.6. The summed E-state index contributed by atoms with van der Waals surface area (Å²) in [5, 5.41) is 13.5. The molecule has 0 amide bonds. The van der Waals surface area contributed by atoms with Crippen molar-refractivity contribution in [2.45, 2.75) is 19.4 Å². The number of aryl methyl sites for hydroxylation is 1. The van der Waals surface area contributed by atoms with Gasteiger partial charge in [-0.1, -0.05) is 28.1 Å². The van der Waals surface area contributed by atoms with Crippen LogP contribution in [0.1, 0.15) is 22.6 Å². The first kappa shape index (κ1) is 11.5. The molecular weight excluding hydrogens is 296 g/mol. The highest BCUT2D eigenvalue weighted by molar-refractivity contribution is 9.10. The lowest BCUT2D eigenvalue weighted by Gasteiger charge is -2.03. The van der Waals surface area contributed by atoms with Crippen molar-refractivity contribution >= 4 is 21.9 Å². The second-order valence-electron chi connectivity index (χ2n) is 4.31. The van der Waals surface area contributed by atoms with E-state index in [4.69, 9.17) is 0 Å². The molecule has 0 radical (unpaired) electrons. The van der Waals surface area contributed by atoms with Crippen molar-refractivity contribution in [1.29, 1.82) is 0 Å². The molecule has 2 aromatic rings. The predicted octanol–water partition coefficient (Wildman–Crippen LogP) is 2.96. The monoisotopic (exact) mass is 306 g/mol. The number of nitrogens with zero attached hydrogens (tertiary/aromatic N) is 2. The third kappa shape index (κ3) is 1.75. The Morgan fingerprint density at radius 2 is 2.28 bits per heavy atom. The van der Waals surface area contributed by atoms with Gasteiger partial charge < -0.3 is 5.11 Å². The molecule has 92 valence electrons. The highest BCUT2D eigenvalue weighted by Crippen LogP contribution is 2.33. The molecule has 1 aromatic heterocycles. The van der Waals surface area contributed by atoms with E-state index in [1.54, 1.807) is 0 Å². The highest BCUT2D eigenvalue weighted by Gasteiger charge is 2.26. The smallest absolute Gasteiger partial charge is 0.357 e. The second-order valence-corrected chi connectivity index (χ2v) is 5.23.